The van der Waals surface area contributed by atoms with Gasteiger partial charge in [-0.3, -0.25) is 14.1 Å². The summed E-state index contributed by atoms with van der Waals surface area (Å²) in [6.45, 7) is 1.72. The molecule has 0 spiro atoms. The van der Waals surface area contributed by atoms with E-state index in [1.807, 2.05) is 0 Å². The summed E-state index contributed by atoms with van der Waals surface area (Å²) in [6.07, 6.45) is 0. The number of nitrogen functional groups attached to an aromatic ring is 1. The van der Waals surface area contributed by atoms with Gasteiger partial charge >= 0.3 is 12.0 Å². The average molecular weight is 549 g/mol. The number of anilines is 5. The molecule has 0 bridgehead atoms. The van der Waals surface area contributed by atoms with Crippen molar-refractivity contribution in [3.8, 4) is 12.0 Å². The lowest BCUT2D eigenvalue weighted by Crippen LogP contribution is -2.25. The Morgan fingerprint density at radius 1 is 0.872 bits per heavy atom. The van der Waals surface area contributed by atoms with Gasteiger partial charge in [0.2, 0.25) is 5.95 Å². The SMILES string of the molecule is Cc1cc(N(C)c2nc(O)nc(O)n2)ccc1Nc1cc(S(=O)(=O)O)c(N)c2c1C(=O)c1ccccc1C2=O. The first kappa shape index (κ1) is 25.6. The number of benzene rings is 3. The number of nitrogens with one attached hydrogen (secondary N) is 1. The predicted molar refractivity (Wildman–Crippen MR) is 140 cm³/mol. The molecule has 6 N–H and O–H groups in total. The molecule has 3 aromatic carbocycles. The molecular formula is C25H20N6O7S. The highest BCUT2D eigenvalue weighted by Crippen LogP contribution is 2.40. The zero-order valence-electron chi connectivity index (χ0n) is 20.4. The number of hydrogen-bond acceptors (Lipinski definition) is 12. The van der Waals surface area contributed by atoms with Crippen molar-refractivity contribution in [1.29, 1.82) is 0 Å². The maximum absolute atomic E-state index is 13.5. The molecule has 0 fully saturated rings. The summed E-state index contributed by atoms with van der Waals surface area (Å²) in [6, 6.07) is 10.7. The summed E-state index contributed by atoms with van der Waals surface area (Å²) in [4.78, 5) is 38.4. The van der Waals surface area contributed by atoms with Crippen molar-refractivity contribution in [3.05, 3.63) is 76.3 Å². The lowest BCUT2D eigenvalue weighted by molar-refractivity contribution is 0.0980. The van der Waals surface area contributed by atoms with Gasteiger partial charge in [0.15, 0.2) is 11.6 Å². The molecule has 0 saturated carbocycles. The molecule has 1 heterocycles. The third kappa shape index (κ3) is 4.36. The maximum atomic E-state index is 13.5. The Morgan fingerprint density at radius 2 is 1.46 bits per heavy atom. The lowest BCUT2D eigenvalue weighted by atomic mass is 9.82. The van der Waals surface area contributed by atoms with Gasteiger partial charge < -0.3 is 26.2 Å². The van der Waals surface area contributed by atoms with Crippen LogP contribution in [-0.4, -0.2) is 56.7 Å². The number of fused-ring (bicyclic) bond motifs is 2. The van der Waals surface area contributed by atoms with Gasteiger partial charge in [-0.15, -0.1) is 4.98 Å². The number of carbonyl (C=O) groups excluding carboxylic acids is 2. The van der Waals surface area contributed by atoms with E-state index in [1.54, 1.807) is 44.3 Å². The minimum atomic E-state index is -4.86. The highest BCUT2D eigenvalue weighted by Gasteiger charge is 2.36. The standard InChI is InChI=1S/C25H20N6O7S/c1-11-9-12(31(2)23-28-24(34)30-25(35)29-23)7-8-15(11)27-16-10-17(39(36,37)38)20(26)19-18(16)21(32)13-5-3-4-6-14(13)22(19)33/h3-10,27H,26H2,1-2H3,(H,36,37,38)(H2,28,29,30,34,35). The molecule has 198 valence electrons. The minimum absolute atomic E-state index is 0.0340. The first-order valence-electron chi connectivity index (χ1n) is 11.2. The van der Waals surface area contributed by atoms with Gasteiger partial charge in [0.1, 0.15) is 4.90 Å². The Bertz CT molecular complexity index is 1800. The molecule has 39 heavy (non-hydrogen) atoms. The molecule has 0 amide bonds. The van der Waals surface area contributed by atoms with Crippen LogP contribution < -0.4 is 16.0 Å². The third-order valence-corrected chi connectivity index (χ3v) is 7.14. The number of nitrogens with zero attached hydrogens (tertiary/aromatic N) is 4. The first-order valence-corrected chi connectivity index (χ1v) is 12.7. The van der Waals surface area contributed by atoms with E-state index in [1.165, 1.54) is 17.0 Å². The minimum Gasteiger partial charge on any atom is -0.479 e. The fraction of sp³-hybridized carbons (Fsp3) is 0.0800. The summed E-state index contributed by atoms with van der Waals surface area (Å²) in [7, 11) is -3.27. The van der Waals surface area contributed by atoms with E-state index < -0.39 is 44.3 Å². The van der Waals surface area contributed by atoms with Crippen LogP contribution in [0.3, 0.4) is 0 Å². The van der Waals surface area contributed by atoms with E-state index in [-0.39, 0.29) is 33.9 Å². The Kier molecular flexibility index (Phi) is 5.92. The first-order chi connectivity index (χ1) is 18.4. The largest absolute Gasteiger partial charge is 0.479 e. The van der Waals surface area contributed by atoms with Gasteiger partial charge in [0.25, 0.3) is 10.1 Å². The van der Waals surface area contributed by atoms with Crippen LogP contribution in [0.2, 0.25) is 0 Å². The van der Waals surface area contributed by atoms with Crippen LogP contribution in [0.15, 0.2) is 53.4 Å². The van der Waals surface area contributed by atoms with Crippen molar-refractivity contribution in [2.75, 3.05) is 23.0 Å². The van der Waals surface area contributed by atoms with E-state index in [2.05, 4.69) is 20.3 Å². The van der Waals surface area contributed by atoms with Crippen LogP contribution in [0.4, 0.5) is 28.7 Å². The Labute approximate surface area is 221 Å². The monoisotopic (exact) mass is 548 g/mol. The van der Waals surface area contributed by atoms with Crippen LogP contribution in [-0.2, 0) is 10.1 Å². The molecule has 1 aromatic heterocycles. The van der Waals surface area contributed by atoms with Crippen LogP contribution in [0.1, 0.15) is 37.4 Å². The number of rotatable bonds is 5. The molecule has 0 aliphatic heterocycles. The Morgan fingerprint density at radius 3 is 2.03 bits per heavy atom. The van der Waals surface area contributed by atoms with Crippen molar-refractivity contribution < 1.29 is 32.8 Å². The number of hydrogen-bond donors (Lipinski definition) is 5. The molecule has 0 atom stereocenters. The van der Waals surface area contributed by atoms with Crippen molar-refractivity contribution in [1.82, 2.24) is 15.0 Å². The third-order valence-electron chi connectivity index (χ3n) is 6.24. The second-order valence-electron chi connectivity index (χ2n) is 8.68. The van der Waals surface area contributed by atoms with Crippen LogP contribution in [0.25, 0.3) is 0 Å². The van der Waals surface area contributed by atoms with Gasteiger partial charge in [0, 0.05) is 29.5 Å². The molecule has 1 aliphatic rings. The van der Waals surface area contributed by atoms with E-state index in [9.17, 15) is 32.8 Å². The van der Waals surface area contributed by atoms with E-state index in [0.29, 0.717) is 16.9 Å². The van der Waals surface area contributed by atoms with E-state index >= 15 is 0 Å². The molecule has 0 unspecified atom stereocenters. The second-order valence-corrected chi connectivity index (χ2v) is 10.1. The van der Waals surface area contributed by atoms with Gasteiger partial charge in [-0.05, 0) is 36.8 Å². The zero-order chi connectivity index (χ0) is 28.2. The highest BCUT2D eigenvalue weighted by molar-refractivity contribution is 7.86. The fourth-order valence-corrected chi connectivity index (χ4v) is 5.00. The van der Waals surface area contributed by atoms with Gasteiger partial charge in [-0.1, -0.05) is 24.3 Å². The summed E-state index contributed by atoms with van der Waals surface area (Å²) in [5.74, 6) is -1.23. The lowest BCUT2D eigenvalue weighted by Gasteiger charge is -2.24. The highest BCUT2D eigenvalue weighted by atomic mass is 32.2. The van der Waals surface area contributed by atoms with Gasteiger partial charge in [-0.25, -0.2) is 0 Å². The molecule has 14 heteroatoms. The summed E-state index contributed by atoms with van der Waals surface area (Å²) in [5.41, 5.74) is 6.79. The molecule has 1 aliphatic carbocycles. The molecule has 13 nitrogen and oxygen atoms in total. The van der Waals surface area contributed by atoms with Gasteiger partial charge in [0.05, 0.1) is 22.5 Å². The summed E-state index contributed by atoms with van der Waals surface area (Å²) in [5, 5.41) is 22.1. The molecular weight excluding hydrogens is 528 g/mol. The topological polar surface area (TPSA) is 209 Å². The van der Waals surface area contributed by atoms with Crippen LogP contribution in [0, 0.1) is 6.92 Å². The zero-order valence-corrected chi connectivity index (χ0v) is 21.2. The maximum Gasteiger partial charge on any atom is 0.321 e. The van der Waals surface area contributed by atoms with Crippen molar-refractivity contribution in [2.24, 2.45) is 0 Å². The normalized spacial score (nSPS) is 12.6. The van der Waals surface area contributed by atoms with E-state index in [0.717, 1.165) is 6.07 Å². The van der Waals surface area contributed by atoms with Crippen LogP contribution >= 0.6 is 0 Å². The number of nitrogens with two attached hydrogens (primary N) is 1. The van der Waals surface area contributed by atoms with Crippen molar-refractivity contribution >= 4 is 50.4 Å². The fourth-order valence-electron chi connectivity index (χ4n) is 4.36. The number of aromatic hydroxyl groups is 2. The predicted octanol–water partition coefficient (Wildman–Crippen LogP) is 2.71. The molecule has 4 aromatic rings. The Balaban J connectivity index is 1.61. The second kappa shape index (κ2) is 9.04. The summed E-state index contributed by atoms with van der Waals surface area (Å²) < 4.78 is 34.1. The smallest absolute Gasteiger partial charge is 0.321 e. The quantitative estimate of drug-likeness (QED) is 0.158. The van der Waals surface area contributed by atoms with Crippen molar-refractivity contribution in [3.63, 3.8) is 0 Å². The molecule has 0 radical (unpaired) electrons. The molecule has 0 saturated heterocycles. The number of aryl methyl sites for hydroxylation is 1. The number of carbonyl (C=O) groups is 2. The average Bonchev–Trinajstić information content (AvgIpc) is 2.87. The van der Waals surface area contributed by atoms with Crippen LogP contribution in [0.5, 0.6) is 12.0 Å². The number of aromatic nitrogens is 3. The number of ketones is 2. The summed E-state index contributed by atoms with van der Waals surface area (Å²) >= 11 is 0. The molecule has 5 rings (SSSR count). The van der Waals surface area contributed by atoms with Gasteiger partial charge in [-0.2, -0.15) is 18.4 Å². The van der Waals surface area contributed by atoms with E-state index in [4.69, 9.17) is 5.73 Å². The van der Waals surface area contributed by atoms with Crippen molar-refractivity contribution in [2.45, 2.75) is 11.8 Å². The Hall–Kier alpha value is -5.08.